The Labute approximate surface area is 229 Å². The van der Waals surface area contributed by atoms with Gasteiger partial charge in [0.15, 0.2) is 5.78 Å². The predicted octanol–water partition coefficient (Wildman–Crippen LogP) is 6.03. The van der Waals surface area contributed by atoms with E-state index in [0.29, 0.717) is 23.7 Å². The summed E-state index contributed by atoms with van der Waals surface area (Å²) in [5, 5.41) is 16.9. The van der Waals surface area contributed by atoms with Crippen molar-refractivity contribution in [1.29, 1.82) is 0 Å². The van der Waals surface area contributed by atoms with Gasteiger partial charge < -0.3 is 14.6 Å². The minimum Gasteiger partial charge on any atom is -0.496 e. The first-order valence-corrected chi connectivity index (χ1v) is 14.7. The van der Waals surface area contributed by atoms with Crippen molar-refractivity contribution in [2.75, 3.05) is 32.4 Å². The SMILES string of the molecule is C=NN(CC(=O)[C@H]1CC[C@H]2[C@@H]3CC[C@H]4C[C@](C)(O)CC[C@]4(COC)[C@H]3CC[C@]12C)c1cccc(OC)c1C. The van der Waals surface area contributed by atoms with Crippen molar-refractivity contribution in [1.82, 2.24) is 0 Å². The molecule has 1 aromatic carbocycles. The lowest BCUT2D eigenvalue weighted by Crippen LogP contribution is -2.58. The molecule has 6 heteroatoms. The molecular formula is C32H48N2O4. The van der Waals surface area contributed by atoms with Crippen LogP contribution in [-0.4, -0.2) is 50.6 Å². The van der Waals surface area contributed by atoms with Gasteiger partial charge in [0, 0.05) is 25.3 Å². The fourth-order valence-corrected chi connectivity index (χ4v) is 9.88. The molecule has 4 aliphatic rings. The summed E-state index contributed by atoms with van der Waals surface area (Å²) >= 11 is 0. The number of nitrogens with zero attached hydrogens (tertiary/aromatic N) is 2. The highest BCUT2D eigenvalue weighted by Gasteiger charge is 2.63. The number of hydrogen-bond donors (Lipinski definition) is 1. The van der Waals surface area contributed by atoms with Crippen molar-refractivity contribution in [3.63, 3.8) is 0 Å². The first-order valence-electron chi connectivity index (χ1n) is 14.7. The quantitative estimate of drug-likeness (QED) is 0.332. The van der Waals surface area contributed by atoms with Gasteiger partial charge in [-0.25, -0.2) is 0 Å². The summed E-state index contributed by atoms with van der Waals surface area (Å²) in [5.74, 6) is 3.54. The molecule has 4 fully saturated rings. The number of ketones is 1. The van der Waals surface area contributed by atoms with Crippen LogP contribution in [0.1, 0.15) is 77.2 Å². The Kier molecular flexibility index (Phi) is 7.45. The molecule has 5 rings (SSSR count). The fraction of sp³-hybridized carbons (Fsp3) is 0.750. The van der Waals surface area contributed by atoms with E-state index in [1.807, 2.05) is 39.2 Å². The summed E-state index contributed by atoms with van der Waals surface area (Å²) in [4.78, 5) is 13.9. The Morgan fingerprint density at radius 3 is 2.61 bits per heavy atom. The highest BCUT2D eigenvalue weighted by atomic mass is 16.5. The smallest absolute Gasteiger partial charge is 0.157 e. The minimum absolute atomic E-state index is 0.0375. The van der Waals surface area contributed by atoms with Crippen LogP contribution in [0.25, 0.3) is 0 Å². The van der Waals surface area contributed by atoms with Gasteiger partial charge in [0.1, 0.15) is 12.3 Å². The van der Waals surface area contributed by atoms with E-state index >= 15 is 0 Å². The van der Waals surface area contributed by atoms with E-state index in [1.165, 1.54) is 19.3 Å². The molecule has 6 nitrogen and oxygen atoms in total. The summed E-state index contributed by atoms with van der Waals surface area (Å²) in [7, 11) is 3.52. The molecule has 0 spiro atoms. The molecule has 4 aliphatic carbocycles. The molecule has 0 unspecified atom stereocenters. The maximum Gasteiger partial charge on any atom is 0.157 e. The van der Waals surface area contributed by atoms with Gasteiger partial charge in [-0.05, 0) is 118 Å². The molecule has 0 heterocycles. The van der Waals surface area contributed by atoms with Crippen LogP contribution in [0.5, 0.6) is 5.75 Å². The van der Waals surface area contributed by atoms with E-state index in [2.05, 4.69) is 18.7 Å². The molecule has 8 atom stereocenters. The number of carbonyl (C=O) groups is 1. The first-order chi connectivity index (χ1) is 18.1. The van der Waals surface area contributed by atoms with Gasteiger partial charge in [0.25, 0.3) is 0 Å². The molecule has 210 valence electrons. The fourth-order valence-electron chi connectivity index (χ4n) is 9.88. The maximum absolute atomic E-state index is 13.9. The van der Waals surface area contributed by atoms with Gasteiger partial charge in [-0.3, -0.25) is 9.80 Å². The first kappa shape index (κ1) is 27.6. The average molecular weight is 525 g/mol. The van der Waals surface area contributed by atoms with Crippen LogP contribution in [0.4, 0.5) is 5.69 Å². The highest BCUT2D eigenvalue weighted by molar-refractivity contribution is 5.87. The number of carbonyl (C=O) groups excluding carboxylic acids is 1. The third-order valence-electron chi connectivity index (χ3n) is 11.7. The lowest BCUT2D eigenvalue weighted by molar-refractivity contribution is -0.175. The molecule has 38 heavy (non-hydrogen) atoms. The van der Waals surface area contributed by atoms with E-state index < -0.39 is 5.60 Å². The second-order valence-electron chi connectivity index (χ2n) is 13.5. The zero-order valence-electron chi connectivity index (χ0n) is 24.2. The van der Waals surface area contributed by atoms with E-state index in [4.69, 9.17) is 9.47 Å². The van der Waals surface area contributed by atoms with Crippen molar-refractivity contribution in [3.8, 4) is 5.75 Å². The largest absolute Gasteiger partial charge is 0.496 e. The Morgan fingerprint density at radius 2 is 1.89 bits per heavy atom. The lowest BCUT2D eigenvalue weighted by Gasteiger charge is -2.62. The summed E-state index contributed by atoms with van der Waals surface area (Å²) < 4.78 is 11.4. The lowest BCUT2D eigenvalue weighted by atomic mass is 9.43. The third kappa shape index (κ3) is 4.40. The predicted molar refractivity (Wildman–Crippen MR) is 152 cm³/mol. The molecule has 0 saturated heterocycles. The molecule has 0 aliphatic heterocycles. The summed E-state index contributed by atoms with van der Waals surface area (Å²) in [6.45, 7) is 11.3. The number of aliphatic hydroxyl groups is 1. The summed E-state index contributed by atoms with van der Waals surface area (Å²) in [6.07, 6.45) is 9.61. The maximum atomic E-state index is 13.9. The molecular weight excluding hydrogens is 476 g/mol. The number of fused-ring (bicyclic) bond motifs is 5. The Bertz CT molecular complexity index is 1060. The van der Waals surface area contributed by atoms with Gasteiger partial charge in [-0.15, -0.1) is 0 Å². The van der Waals surface area contributed by atoms with Gasteiger partial charge in [0.05, 0.1) is 25.0 Å². The van der Waals surface area contributed by atoms with Crippen LogP contribution in [0.3, 0.4) is 0 Å². The van der Waals surface area contributed by atoms with Crippen LogP contribution in [-0.2, 0) is 9.53 Å². The number of benzene rings is 1. The Morgan fingerprint density at radius 1 is 1.11 bits per heavy atom. The zero-order valence-corrected chi connectivity index (χ0v) is 24.2. The molecule has 1 aromatic rings. The normalized spacial score (nSPS) is 40.0. The topological polar surface area (TPSA) is 71.4 Å². The second-order valence-corrected chi connectivity index (χ2v) is 13.5. The number of hydrazone groups is 1. The van der Waals surface area contributed by atoms with Gasteiger partial charge in [0.2, 0.25) is 0 Å². The zero-order chi connectivity index (χ0) is 27.3. The van der Waals surface area contributed by atoms with Crippen molar-refractivity contribution in [2.24, 2.45) is 45.5 Å². The van der Waals surface area contributed by atoms with Crippen molar-refractivity contribution < 1.29 is 19.4 Å². The van der Waals surface area contributed by atoms with Crippen molar-refractivity contribution >= 4 is 18.2 Å². The van der Waals surface area contributed by atoms with Gasteiger partial charge in [-0.1, -0.05) is 13.0 Å². The number of methoxy groups -OCH3 is 2. The van der Waals surface area contributed by atoms with Gasteiger partial charge in [-0.2, -0.15) is 5.10 Å². The van der Waals surface area contributed by atoms with Crippen molar-refractivity contribution in [2.45, 2.75) is 84.2 Å². The summed E-state index contributed by atoms with van der Waals surface area (Å²) in [5.41, 5.74) is 1.52. The number of anilines is 1. The molecule has 4 saturated carbocycles. The Balaban J connectivity index is 1.35. The monoisotopic (exact) mass is 524 g/mol. The van der Waals surface area contributed by atoms with Crippen LogP contribution < -0.4 is 9.75 Å². The molecule has 0 amide bonds. The number of Topliss-reactive ketones (excluding diaryl/α,β-unsaturated/α-hetero) is 1. The molecule has 0 aromatic heterocycles. The third-order valence-corrected chi connectivity index (χ3v) is 11.7. The van der Waals surface area contributed by atoms with Crippen LogP contribution in [0.2, 0.25) is 0 Å². The highest BCUT2D eigenvalue weighted by Crippen LogP contribution is 2.68. The molecule has 0 bridgehead atoms. The van der Waals surface area contributed by atoms with Crippen LogP contribution in [0, 0.1) is 47.3 Å². The van der Waals surface area contributed by atoms with Crippen LogP contribution in [0.15, 0.2) is 23.3 Å². The summed E-state index contributed by atoms with van der Waals surface area (Å²) in [6, 6.07) is 5.86. The van der Waals surface area contributed by atoms with E-state index in [9.17, 15) is 9.90 Å². The van der Waals surface area contributed by atoms with Crippen LogP contribution >= 0.6 is 0 Å². The second kappa shape index (κ2) is 10.2. The van der Waals surface area contributed by atoms with Gasteiger partial charge >= 0.3 is 0 Å². The minimum atomic E-state index is -0.547. The Hall–Kier alpha value is -1.92. The van der Waals surface area contributed by atoms with E-state index in [0.717, 1.165) is 62.1 Å². The number of rotatable bonds is 8. The van der Waals surface area contributed by atoms with E-state index in [-0.39, 0.29) is 29.1 Å². The molecule has 1 N–H and O–H groups in total. The number of ether oxygens (including phenoxy) is 2. The average Bonchev–Trinajstić information content (AvgIpc) is 3.25. The van der Waals surface area contributed by atoms with E-state index in [1.54, 1.807) is 12.1 Å². The standard InChI is InChI=1S/C32H48N2O4/c1-21-27(8-7-9-29(21)38-6)34(33-4)19-28(35)26-13-12-24-23-11-10-22-18-30(2,36)16-17-32(22,20-37-5)25(23)14-15-31(24,26)3/h7-9,22-26,36H,4,10-20H2,1-3,5-6H3/t22-,23-,24-,25-,26+,30+,31-,32+/m0/s1. The number of hydrogen-bond acceptors (Lipinski definition) is 6. The molecule has 0 radical (unpaired) electrons. The van der Waals surface area contributed by atoms with Crippen molar-refractivity contribution in [3.05, 3.63) is 23.8 Å².